The number of nitrogens with one attached hydrogen (secondary N) is 2. The summed E-state index contributed by atoms with van der Waals surface area (Å²) in [5, 5.41) is 5.34. The Kier molecular flexibility index (Phi) is 6.02. The van der Waals surface area contributed by atoms with Gasteiger partial charge in [-0.3, -0.25) is 9.59 Å². The molecule has 2 amide bonds. The zero-order valence-corrected chi connectivity index (χ0v) is 11.4. The van der Waals surface area contributed by atoms with Gasteiger partial charge < -0.3 is 16.4 Å². The SMILES string of the molecule is CNC(=O)c1ccc(NC(=O)CCC(C)CN)cc1. The minimum atomic E-state index is -0.144. The fraction of sp³-hybridized carbons (Fsp3) is 0.429. The van der Waals surface area contributed by atoms with Crippen LogP contribution in [0, 0.1) is 5.92 Å². The van der Waals surface area contributed by atoms with Gasteiger partial charge in [-0.1, -0.05) is 6.92 Å². The van der Waals surface area contributed by atoms with Gasteiger partial charge in [0.05, 0.1) is 0 Å². The monoisotopic (exact) mass is 263 g/mol. The Morgan fingerprint density at radius 1 is 1.26 bits per heavy atom. The average Bonchev–Trinajstić information content (AvgIpc) is 2.44. The van der Waals surface area contributed by atoms with E-state index in [1.54, 1.807) is 31.3 Å². The minimum Gasteiger partial charge on any atom is -0.355 e. The van der Waals surface area contributed by atoms with Gasteiger partial charge in [0.15, 0.2) is 0 Å². The first-order valence-corrected chi connectivity index (χ1v) is 6.39. The average molecular weight is 263 g/mol. The van der Waals surface area contributed by atoms with Crippen LogP contribution < -0.4 is 16.4 Å². The summed E-state index contributed by atoms with van der Waals surface area (Å²) in [6, 6.07) is 6.79. The molecule has 104 valence electrons. The highest BCUT2D eigenvalue weighted by Crippen LogP contribution is 2.11. The summed E-state index contributed by atoms with van der Waals surface area (Å²) in [5.74, 6) is 0.170. The quantitative estimate of drug-likeness (QED) is 0.724. The van der Waals surface area contributed by atoms with E-state index in [-0.39, 0.29) is 11.8 Å². The van der Waals surface area contributed by atoms with Gasteiger partial charge in [0.1, 0.15) is 0 Å². The molecule has 0 saturated carbocycles. The molecule has 0 aliphatic rings. The summed E-state index contributed by atoms with van der Waals surface area (Å²) in [4.78, 5) is 23.0. The van der Waals surface area contributed by atoms with Crippen LogP contribution in [0.2, 0.25) is 0 Å². The van der Waals surface area contributed by atoms with Gasteiger partial charge >= 0.3 is 0 Å². The largest absolute Gasteiger partial charge is 0.355 e. The molecule has 0 aliphatic heterocycles. The number of carbonyl (C=O) groups is 2. The third-order valence-corrected chi connectivity index (χ3v) is 2.92. The molecule has 0 bridgehead atoms. The molecule has 19 heavy (non-hydrogen) atoms. The van der Waals surface area contributed by atoms with E-state index in [0.29, 0.717) is 30.1 Å². The molecule has 1 aromatic carbocycles. The van der Waals surface area contributed by atoms with Crippen molar-refractivity contribution in [2.45, 2.75) is 19.8 Å². The van der Waals surface area contributed by atoms with Crippen LogP contribution in [0.15, 0.2) is 24.3 Å². The van der Waals surface area contributed by atoms with E-state index in [1.165, 1.54) is 0 Å². The van der Waals surface area contributed by atoms with Crippen LogP contribution >= 0.6 is 0 Å². The maximum Gasteiger partial charge on any atom is 0.251 e. The van der Waals surface area contributed by atoms with Crippen molar-refractivity contribution in [2.24, 2.45) is 11.7 Å². The number of anilines is 1. The Morgan fingerprint density at radius 3 is 2.42 bits per heavy atom. The molecule has 0 fully saturated rings. The molecule has 1 rings (SSSR count). The maximum atomic E-state index is 11.7. The molecule has 0 saturated heterocycles. The highest BCUT2D eigenvalue weighted by Gasteiger charge is 2.07. The number of benzene rings is 1. The molecule has 5 nitrogen and oxygen atoms in total. The van der Waals surface area contributed by atoms with Crippen molar-refractivity contribution < 1.29 is 9.59 Å². The van der Waals surface area contributed by atoms with Crippen LogP contribution in [0.25, 0.3) is 0 Å². The summed E-state index contributed by atoms with van der Waals surface area (Å²) in [7, 11) is 1.58. The molecule has 4 N–H and O–H groups in total. The second-order valence-corrected chi connectivity index (χ2v) is 4.58. The van der Waals surface area contributed by atoms with Crippen molar-refractivity contribution in [1.29, 1.82) is 0 Å². The van der Waals surface area contributed by atoms with E-state index < -0.39 is 0 Å². The van der Waals surface area contributed by atoms with Crippen LogP contribution in [-0.4, -0.2) is 25.4 Å². The molecule has 0 aromatic heterocycles. The number of rotatable bonds is 6. The molecule has 1 atom stereocenters. The molecule has 1 aromatic rings. The Balaban J connectivity index is 2.49. The van der Waals surface area contributed by atoms with E-state index >= 15 is 0 Å². The first-order valence-electron chi connectivity index (χ1n) is 6.39. The summed E-state index contributed by atoms with van der Waals surface area (Å²) in [6.45, 7) is 2.61. The van der Waals surface area contributed by atoms with Crippen LogP contribution in [0.5, 0.6) is 0 Å². The summed E-state index contributed by atoms with van der Waals surface area (Å²) < 4.78 is 0. The summed E-state index contributed by atoms with van der Waals surface area (Å²) in [5.41, 5.74) is 6.76. The van der Waals surface area contributed by atoms with Crippen molar-refractivity contribution in [3.8, 4) is 0 Å². The third kappa shape index (κ3) is 5.09. The normalized spacial score (nSPS) is 11.7. The predicted molar refractivity (Wildman–Crippen MR) is 75.9 cm³/mol. The highest BCUT2D eigenvalue weighted by molar-refractivity contribution is 5.95. The Hall–Kier alpha value is -1.88. The van der Waals surface area contributed by atoms with Gasteiger partial charge in [0.25, 0.3) is 5.91 Å². The molecular formula is C14H21N3O2. The zero-order valence-electron chi connectivity index (χ0n) is 11.4. The molecular weight excluding hydrogens is 242 g/mol. The summed E-state index contributed by atoms with van der Waals surface area (Å²) in [6.07, 6.45) is 1.23. The number of hydrogen-bond acceptors (Lipinski definition) is 3. The fourth-order valence-corrected chi connectivity index (χ4v) is 1.57. The maximum absolute atomic E-state index is 11.7. The van der Waals surface area contributed by atoms with Gasteiger partial charge in [0, 0.05) is 24.7 Å². The van der Waals surface area contributed by atoms with Gasteiger partial charge in [-0.15, -0.1) is 0 Å². The van der Waals surface area contributed by atoms with Crippen molar-refractivity contribution in [2.75, 3.05) is 18.9 Å². The molecule has 0 aliphatic carbocycles. The van der Waals surface area contributed by atoms with Gasteiger partial charge in [-0.05, 0) is 43.1 Å². The van der Waals surface area contributed by atoms with E-state index in [2.05, 4.69) is 10.6 Å². The minimum absolute atomic E-state index is 0.0343. The lowest BCUT2D eigenvalue weighted by Gasteiger charge is -2.09. The van der Waals surface area contributed by atoms with Crippen molar-refractivity contribution >= 4 is 17.5 Å². The Morgan fingerprint density at radius 2 is 1.89 bits per heavy atom. The number of hydrogen-bond donors (Lipinski definition) is 3. The third-order valence-electron chi connectivity index (χ3n) is 2.92. The molecule has 0 radical (unpaired) electrons. The summed E-state index contributed by atoms with van der Waals surface area (Å²) >= 11 is 0. The van der Waals surface area contributed by atoms with E-state index in [4.69, 9.17) is 5.73 Å². The molecule has 1 unspecified atom stereocenters. The van der Waals surface area contributed by atoms with Gasteiger partial charge in [-0.25, -0.2) is 0 Å². The van der Waals surface area contributed by atoms with Gasteiger partial charge in [-0.2, -0.15) is 0 Å². The highest BCUT2D eigenvalue weighted by atomic mass is 16.2. The topological polar surface area (TPSA) is 84.2 Å². The van der Waals surface area contributed by atoms with Crippen molar-refractivity contribution in [1.82, 2.24) is 5.32 Å². The van der Waals surface area contributed by atoms with Crippen LogP contribution in [0.3, 0.4) is 0 Å². The van der Waals surface area contributed by atoms with Gasteiger partial charge in [0.2, 0.25) is 5.91 Å². The number of amides is 2. The van der Waals surface area contributed by atoms with E-state index in [0.717, 1.165) is 6.42 Å². The lowest BCUT2D eigenvalue weighted by molar-refractivity contribution is -0.116. The Labute approximate surface area is 113 Å². The molecule has 0 heterocycles. The van der Waals surface area contributed by atoms with Crippen molar-refractivity contribution in [3.63, 3.8) is 0 Å². The Bertz CT molecular complexity index is 429. The second kappa shape index (κ2) is 7.53. The fourth-order valence-electron chi connectivity index (χ4n) is 1.57. The van der Waals surface area contributed by atoms with Crippen LogP contribution in [0.1, 0.15) is 30.1 Å². The second-order valence-electron chi connectivity index (χ2n) is 4.58. The first kappa shape index (κ1) is 15.2. The van der Waals surface area contributed by atoms with Crippen LogP contribution in [0.4, 0.5) is 5.69 Å². The van der Waals surface area contributed by atoms with E-state index in [1.807, 2.05) is 6.92 Å². The zero-order chi connectivity index (χ0) is 14.3. The predicted octanol–water partition coefficient (Wildman–Crippen LogP) is 1.36. The van der Waals surface area contributed by atoms with E-state index in [9.17, 15) is 9.59 Å². The number of nitrogens with two attached hydrogens (primary N) is 1. The standard InChI is InChI=1S/C14H21N3O2/c1-10(9-15)3-8-13(18)17-12-6-4-11(5-7-12)14(19)16-2/h4-7,10H,3,8-9,15H2,1-2H3,(H,16,19)(H,17,18). The smallest absolute Gasteiger partial charge is 0.251 e. The van der Waals surface area contributed by atoms with Crippen molar-refractivity contribution in [3.05, 3.63) is 29.8 Å². The molecule has 5 heteroatoms. The first-order chi connectivity index (χ1) is 9.06. The molecule has 0 spiro atoms. The number of carbonyl (C=O) groups excluding carboxylic acids is 2. The lowest BCUT2D eigenvalue weighted by Crippen LogP contribution is -2.18. The lowest BCUT2D eigenvalue weighted by atomic mass is 10.1. The van der Waals surface area contributed by atoms with Crippen LogP contribution in [-0.2, 0) is 4.79 Å².